The van der Waals surface area contributed by atoms with Crippen LogP contribution < -0.4 is 5.73 Å². The number of hydrogen-bond acceptors (Lipinski definition) is 2. The van der Waals surface area contributed by atoms with E-state index in [4.69, 9.17) is 5.73 Å². The molecule has 0 spiro atoms. The van der Waals surface area contributed by atoms with E-state index in [2.05, 4.69) is 22.5 Å². The molecule has 17 heavy (non-hydrogen) atoms. The minimum absolute atomic E-state index is 0.389. The molecule has 0 saturated heterocycles. The molecule has 1 amide bonds. The molecule has 0 bridgehead atoms. The third-order valence-corrected chi connectivity index (χ3v) is 2.55. The molecule has 0 fully saturated rings. The summed E-state index contributed by atoms with van der Waals surface area (Å²) in [7, 11) is 1.73. The lowest BCUT2D eigenvalue weighted by atomic mass is 10.1. The Morgan fingerprint density at radius 1 is 1.65 bits per heavy atom. The fourth-order valence-electron chi connectivity index (χ4n) is 1.67. The van der Waals surface area contributed by atoms with Gasteiger partial charge in [-0.15, -0.1) is 0 Å². The van der Waals surface area contributed by atoms with Gasteiger partial charge in [-0.25, -0.2) is 4.39 Å². The van der Waals surface area contributed by atoms with Crippen LogP contribution in [0.1, 0.15) is 11.6 Å². The molecule has 3 nitrogen and oxygen atoms in total. The predicted molar refractivity (Wildman–Crippen MR) is 69.0 cm³/mol. The van der Waals surface area contributed by atoms with Crippen LogP contribution in [0.25, 0.3) is 0 Å². The molecule has 0 aliphatic heterocycles. The van der Waals surface area contributed by atoms with Crippen LogP contribution in [0, 0.1) is 5.82 Å². The minimum atomic E-state index is -0.667. The zero-order valence-corrected chi connectivity index (χ0v) is 11.1. The third kappa shape index (κ3) is 3.94. The largest absolute Gasteiger partial charge is 0.368 e. The van der Waals surface area contributed by atoms with Gasteiger partial charge in [0, 0.05) is 11.0 Å². The van der Waals surface area contributed by atoms with E-state index >= 15 is 0 Å². The smallest absolute Gasteiger partial charge is 0.239 e. The number of nitrogens with zero attached hydrogens (tertiary/aromatic N) is 1. The zero-order chi connectivity index (χ0) is 13.0. The number of hydrogen-bond donors (Lipinski definition) is 1. The van der Waals surface area contributed by atoms with Gasteiger partial charge in [0.2, 0.25) is 5.91 Å². The maximum absolute atomic E-state index is 13.1. The fourth-order valence-corrected chi connectivity index (χ4v) is 2.07. The van der Waals surface area contributed by atoms with E-state index in [-0.39, 0.29) is 5.82 Å². The number of benzene rings is 1. The Morgan fingerprint density at radius 3 is 2.76 bits per heavy atom. The molecule has 0 saturated carbocycles. The highest BCUT2D eigenvalue weighted by Gasteiger charge is 2.23. The van der Waals surface area contributed by atoms with E-state index in [1.165, 1.54) is 12.1 Å². The van der Waals surface area contributed by atoms with Crippen LogP contribution in [-0.2, 0) is 4.79 Å². The Kier molecular flexibility index (Phi) is 4.84. The number of carbonyl (C=O) groups excluding carboxylic acids is 1. The van der Waals surface area contributed by atoms with Gasteiger partial charge in [-0.1, -0.05) is 34.6 Å². The minimum Gasteiger partial charge on any atom is -0.368 e. The zero-order valence-electron chi connectivity index (χ0n) is 9.49. The van der Waals surface area contributed by atoms with Crippen molar-refractivity contribution in [2.24, 2.45) is 5.73 Å². The van der Waals surface area contributed by atoms with E-state index < -0.39 is 11.9 Å². The number of likely N-dealkylation sites (N-methyl/N-ethyl adjacent to an activating group) is 1. The Morgan fingerprint density at radius 2 is 2.29 bits per heavy atom. The van der Waals surface area contributed by atoms with Gasteiger partial charge in [-0.05, 0) is 24.7 Å². The first-order chi connectivity index (χ1) is 7.91. The molecule has 0 aliphatic rings. The lowest BCUT2D eigenvalue weighted by molar-refractivity contribution is -0.122. The second-order valence-electron chi connectivity index (χ2n) is 3.79. The van der Waals surface area contributed by atoms with Gasteiger partial charge in [0.05, 0.1) is 0 Å². The van der Waals surface area contributed by atoms with Crippen LogP contribution in [0.4, 0.5) is 4.39 Å². The molecule has 92 valence electrons. The van der Waals surface area contributed by atoms with E-state index in [9.17, 15) is 9.18 Å². The van der Waals surface area contributed by atoms with Gasteiger partial charge >= 0.3 is 0 Å². The molecule has 1 rings (SSSR count). The van der Waals surface area contributed by atoms with Gasteiger partial charge in [0.15, 0.2) is 0 Å². The summed E-state index contributed by atoms with van der Waals surface area (Å²) in [6.07, 6.45) is 0. The highest BCUT2D eigenvalue weighted by Crippen LogP contribution is 2.21. The van der Waals surface area contributed by atoms with Crippen molar-refractivity contribution in [2.45, 2.75) is 6.04 Å². The number of rotatable bonds is 5. The average Bonchev–Trinajstić information content (AvgIpc) is 2.15. The average molecular weight is 301 g/mol. The molecule has 1 aromatic rings. The number of amides is 1. The van der Waals surface area contributed by atoms with Crippen molar-refractivity contribution in [2.75, 3.05) is 13.6 Å². The van der Waals surface area contributed by atoms with Gasteiger partial charge < -0.3 is 5.73 Å². The van der Waals surface area contributed by atoms with Crippen LogP contribution in [0.3, 0.4) is 0 Å². The third-order valence-electron chi connectivity index (χ3n) is 2.30. The van der Waals surface area contributed by atoms with Crippen molar-refractivity contribution in [3.63, 3.8) is 0 Å². The molecule has 1 aromatic carbocycles. The van der Waals surface area contributed by atoms with Crippen molar-refractivity contribution in [1.82, 2.24) is 4.90 Å². The number of halogens is 2. The summed E-state index contributed by atoms with van der Waals surface area (Å²) in [6.45, 7) is 4.15. The summed E-state index contributed by atoms with van der Waals surface area (Å²) in [5.41, 5.74) is 5.88. The summed E-state index contributed by atoms with van der Waals surface area (Å²) in [6, 6.07) is 5.19. The number of nitrogens with two attached hydrogens (primary N) is 1. The normalized spacial score (nSPS) is 12.5. The second kappa shape index (κ2) is 5.93. The Bertz CT molecular complexity index is 436. The molecule has 1 atom stereocenters. The summed E-state index contributed by atoms with van der Waals surface area (Å²) in [5.74, 6) is -0.910. The summed E-state index contributed by atoms with van der Waals surface area (Å²) in [4.78, 5) is 13.1. The molecule has 5 heteroatoms. The molecule has 0 heterocycles. The molecule has 0 aliphatic carbocycles. The van der Waals surface area contributed by atoms with Gasteiger partial charge in [0.1, 0.15) is 11.9 Å². The monoisotopic (exact) mass is 300 g/mol. The van der Waals surface area contributed by atoms with E-state index in [0.29, 0.717) is 12.1 Å². The predicted octanol–water partition coefficient (Wildman–Crippen LogP) is 2.19. The summed E-state index contributed by atoms with van der Waals surface area (Å²) in [5, 5.41) is 0. The first-order valence-corrected chi connectivity index (χ1v) is 5.79. The second-order valence-corrected chi connectivity index (χ2v) is 4.91. The van der Waals surface area contributed by atoms with Crippen LogP contribution in [0.5, 0.6) is 0 Å². The highest BCUT2D eigenvalue weighted by atomic mass is 79.9. The maximum atomic E-state index is 13.1. The van der Waals surface area contributed by atoms with Crippen molar-refractivity contribution in [1.29, 1.82) is 0 Å². The Hall–Kier alpha value is -1.20. The van der Waals surface area contributed by atoms with Crippen molar-refractivity contribution >= 4 is 21.8 Å². The lowest BCUT2D eigenvalue weighted by Gasteiger charge is -2.25. The molecule has 0 radical (unpaired) electrons. The van der Waals surface area contributed by atoms with Crippen molar-refractivity contribution in [3.8, 4) is 0 Å². The topological polar surface area (TPSA) is 46.3 Å². The van der Waals surface area contributed by atoms with Crippen molar-refractivity contribution in [3.05, 3.63) is 46.7 Å². The first kappa shape index (κ1) is 13.9. The molecule has 1 unspecified atom stereocenters. The van der Waals surface area contributed by atoms with E-state index in [0.717, 1.165) is 4.48 Å². The molecule has 2 N–H and O–H groups in total. The van der Waals surface area contributed by atoms with Gasteiger partial charge in [-0.2, -0.15) is 0 Å². The number of carbonyl (C=O) groups is 1. The van der Waals surface area contributed by atoms with Crippen molar-refractivity contribution < 1.29 is 9.18 Å². The first-order valence-electron chi connectivity index (χ1n) is 5.00. The SMILES string of the molecule is C=C(Br)CN(C)C(C(N)=O)c1cccc(F)c1. The Labute approximate surface area is 108 Å². The van der Waals surface area contributed by atoms with Crippen LogP contribution in [-0.4, -0.2) is 24.4 Å². The quantitative estimate of drug-likeness (QED) is 0.906. The molecular weight excluding hydrogens is 287 g/mol. The molecular formula is C12H14BrFN2O. The molecule has 0 aromatic heterocycles. The highest BCUT2D eigenvalue weighted by molar-refractivity contribution is 9.11. The van der Waals surface area contributed by atoms with Crippen LogP contribution >= 0.6 is 15.9 Å². The maximum Gasteiger partial charge on any atom is 0.239 e. The number of primary amides is 1. The van der Waals surface area contributed by atoms with E-state index in [1.807, 2.05) is 0 Å². The lowest BCUT2D eigenvalue weighted by Crippen LogP contribution is -2.36. The van der Waals surface area contributed by atoms with Crippen LogP contribution in [0.2, 0.25) is 0 Å². The van der Waals surface area contributed by atoms with Crippen LogP contribution in [0.15, 0.2) is 35.3 Å². The van der Waals surface area contributed by atoms with Gasteiger partial charge in [-0.3, -0.25) is 9.69 Å². The van der Waals surface area contributed by atoms with E-state index in [1.54, 1.807) is 24.1 Å². The van der Waals surface area contributed by atoms with Gasteiger partial charge in [0.25, 0.3) is 0 Å². The fraction of sp³-hybridized carbons (Fsp3) is 0.250. The Balaban J connectivity index is 3.01. The standard InChI is InChI=1S/C12H14BrFN2O/c1-8(13)7-16(2)11(12(15)17)9-4-3-5-10(14)6-9/h3-6,11H,1,7H2,2H3,(H2,15,17). The summed E-state index contributed by atoms with van der Waals surface area (Å²) >= 11 is 3.22. The summed E-state index contributed by atoms with van der Waals surface area (Å²) < 4.78 is 13.8.